The van der Waals surface area contributed by atoms with Crippen LogP contribution in [0.2, 0.25) is 10.0 Å². The van der Waals surface area contributed by atoms with Crippen molar-refractivity contribution in [2.24, 2.45) is 0 Å². The Labute approximate surface area is 113 Å². The van der Waals surface area contributed by atoms with Gasteiger partial charge in [-0.25, -0.2) is 4.79 Å². The standard InChI is InChI=1S/C12H9Cl2NO3/c1-6-2-3-7(13)11(10(6)14)15-9-5-4-8(18-9)12(16)17/h2-5,15H,1H3,(H,16,17). The first-order valence-electron chi connectivity index (χ1n) is 5.04. The molecule has 1 heterocycles. The van der Waals surface area contributed by atoms with Crippen molar-refractivity contribution in [3.8, 4) is 0 Å². The molecular weight excluding hydrogens is 277 g/mol. The van der Waals surface area contributed by atoms with Gasteiger partial charge in [0.25, 0.3) is 0 Å². The smallest absolute Gasteiger partial charge is 0.371 e. The maximum atomic E-state index is 10.7. The van der Waals surface area contributed by atoms with E-state index in [1.54, 1.807) is 12.1 Å². The van der Waals surface area contributed by atoms with Gasteiger partial charge in [0.05, 0.1) is 15.7 Å². The quantitative estimate of drug-likeness (QED) is 0.881. The molecule has 0 saturated heterocycles. The van der Waals surface area contributed by atoms with Crippen LogP contribution in [0.3, 0.4) is 0 Å². The fourth-order valence-corrected chi connectivity index (χ4v) is 1.88. The molecule has 0 unspecified atom stereocenters. The SMILES string of the molecule is Cc1ccc(Cl)c(Nc2ccc(C(=O)O)o2)c1Cl. The number of aromatic carboxylic acids is 1. The van der Waals surface area contributed by atoms with E-state index in [9.17, 15) is 4.79 Å². The van der Waals surface area contributed by atoms with Crippen LogP contribution in [0.25, 0.3) is 0 Å². The molecule has 6 heteroatoms. The van der Waals surface area contributed by atoms with Crippen molar-refractivity contribution in [2.75, 3.05) is 5.32 Å². The fourth-order valence-electron chi connectivity index (χ4n) is 1.41. The Bertz CT molecular complexity index is 607. The van der Waals surface area contributed by atoms with Gasteiger partial charge in [0.1, 0.15) is 0 Å². The highest BCUT2D eigenvalue weighted by atomic mass is 35.5. The zero-order valence-corrected chi connectivity index (χ0v) is 10.8. The summed E-state index contributed by atoms with van der Waals surface area (Å²) in [7, 11) is 0. The summed E-state index contributed by atoms with van der Waals surface area (Å²) in [6.07, 6.45) is 0. The Morgan fingerprint density at radius 1 is 1.28 bits per heavy atom. The highest BCUT2D eigenvalue weighted by Gasteiger charge is 2.13. The lowest BCUT2D eigenvalue weighted by Gasteiger charge is -2.09. The highest BCUT2D eigenvalue weighted by Crippen LogP contribution is 2.35. The Kier molecular flexibility index (Phi) is 3.50. The van der Waals surface area contributed by atoms with Crippen LogP contribution >= 0.6 is 23.2 Å². The summed E-state index contributed by atoms with van der Waals surface area (Å²) in [6, 6.07) is 6.34. The molecule has 0 saturated carbocycles. The Morgan fingerprint density at radius 2 is 2.00 bits per heavy atom. The van der Waals surface area contributed by atoms with Crippen molar-refractivity contribution in [1.82, 2.24) is 0 Å². The van der Waals surface area contributed by atoms with Crippen LogP contribution in [0, 0.1) is 6.92 Å². The number of aryl methyl sites for hydroxylation is 1. The monoisotopic (exact) mass is 285 g/mol. The first kappa shape index (κ1) is 12.8. The number of halogens is 2. The Hall–Kier alpha value is -1.65. The largest absolute Gasteiger partial charge is 0.475 e. The van der Waals surface area contributed by atoms with E-state index in [0.29, 0.717) is 15.7 Å². The average Bonchev–Trinajstić information content (AvgIpc) is 2.78. The average molecular weight is 286 g/mol. The topological polar surface area (TPSA) is 62.5 Å². The number of nitrogens with one attached hydrogen (secondary N) is 1. The van der Waals surface area contributed by atoms with Gasteiger partial charge in [0.2, 0.25) is 5.76 Å². The molecule has 0 spiro atoms. The van der Waals surface area contributed by atoms with Crippen LogP contribution in [0.5, 0.6) is 0 Å². The molecule has 0 aliphatic rings. The number of carboxylic acids is 1. The van der Waals surface area contributed by atoms with Gasteiger partial charge in [-0.2, -0.15) is 0 Å². The van der Waals surface area contributed by atoms with E-state index in [1.807, 2.05) is 6.92 Å². The van der Waals surface area contributed by atoms with E-state index in [2.05, 4.69) is 5.32 Å². The zero-order valence-electron chi connectivity index (χ0n) is 9.33. The summed E-state index contributed by atoms with van der Waals surface area (Å²) in [5.74, 6) is -1.02. The predicted molar refractivity (Wildman–Crippen MR) is 70.1 cm³/mol. The third-order valence-corrected chi connectivity index (χ3v) is 3.15. The second-order valence-corrected chi connectivity index (χ2v) is 4.43. The minimum atomic E-state index is -1.13. The fraction of sp³-hybridized carbons (Fsp3) is 0.0833. The number of carboxylic acid groups (broad SMARTS) is 1. The second kappa shape index (κ2) is 4.92. The summed E-state index contributed by atoms with van der Waals surface area (Å²) >= 11 is 12.1. The number of anilines is 2. The van der Waals surface area contributed by atoms with Gasteiger partial charge in [-0.3, -0.25) is 0 Å². The Morgan fingerprint density at radius 3 is 2.61 bits per heavy atom. The maximum absolute atomic E-state index is 10.7. The number of furan rings is 1. The summed E-state index contributed by atoms with van der Waals surface area (Å²) < 4.78 is 5.07. The van der Waals surface area contributed by atoms with Crippen LogP contribution in [-0.4, -0.2) is 11.1 Å². The summed E-state index contributed by atoms with van der Waals surface area (Å²) in [4.78, 5) is 10.7. The normalized spacial score (nSPS) is 10.4. The molecule has 94 valence electrons. The number of carbonyl (C=O) groups is 1. The molecular formula is C12H9Cl2NO3. The molecule has 0 fully saturated rings. The summed E-state index contributed by atoms with van der Waals surface area (Å²) in [6.45, 7) is 1.84. The van der Waals surface area contributed by atoms with E-state index < -0.39 is 5.97 Å². The van der Waals surface area contributed by atoms with Crippen molar-refractivity contribution in [1.29, 1.82) is 0 Å². The molecule has 18 heavy (non-hydrogen) atoms. The van der Waals surface area contributed by atoms with Gasteiger partial charge in [0.15, 0.2) is 5.88 Å². The highest BCUT2D eigenvalue weighted by molar-refractivity contribution is 6.39. The van der Waals surface area contributed by atoms with E-state index in [1.165, 1.54) is 12.1 Å². The number of benzene rings is 1. The van der Waals surface area contributed by atoms with Crippen LogP contribution in [0.15, 0.2) is 28.7 Å². The molecule has 0 radical (unpaired) electrons. The molecule has 0 atom stereocenters. The van der Waals surface area contributed by atoms with Gasteiger partial charge in [-0.05, 0) is 24.6 Å². The molecule has 0 amide bonds. The van der Waals surface area contributed by atoms with E-state index in [0.717, 1.165) is 5.56 Å². The lowest BCUT2D eigenvalue weighted by molar-refractivity contribution is 0.0663. The summed E-state index contributed by atoms with van der Waals surface area (Å²) in [5.41, 5.74) is 1.35. The maximum Gasteiger partial charge on any atom is 0.371 e. The van der Waals surface area contributed by atoms with Gasteiger partial charge in [0, 0.05) is 6.07 Å². The lowest BCUT2D eigenvalue weighted by Crippen LogP contribution is -1.94. The molecule has 1 aromatic heterocycles. The summed E-state index contributed by atoms with van der Waals surface area (Å²) in [5, 5.41) is 12.5. The van der Waals surface area contributed by atoms with Crippen LogP contribution < -0.4 is 5.32 Å². The number of rotatable bonds is 3. The first-order chi connectivity index (χ1) is 8.49. The lowest BCUT2D eigenvalue weighted by atomic mass is 10.2. The van der Waals surface area contributed by atoms with Crippen molar-refractivity contribution >= 4 is 40.7 Å². The van der Waals surface area contributed by atoms with E-state index in [-0.39, 0.29) is 11.6 Å². The predicted octanol–water partition coefficient (Wildman–Crippen LogP) is 4.34. The molecule has 0 aliphatic heterocycles. The van der Waals surface area contributed by atoms with Crippen LogP contribution in [0.4, 0.5) is 11.6 Å². The molecule has 2 rings (SSSR count). The third kappa shape index (κ3) is 2.44. The molecule has 2 N–H and O–H groups in total. The first-order valence-corrected chi connectivity index (χ1v) is 5.79. The molecule has 0 aliphatic carbocycles. The Balaban J connectivity index is 2.33. The number of hydrogen-bond donors (Lipinski definition) is 2. The third-order valence-electron chi connectivity index (χ3n) is 2.35. The molecule has 2 aromatic rings. The zero-order chi connectivity index (χ0) is 13.3. The van der Waals surface area contributed by atoms with E-state index >= 15 is 0 Å². The van der Waals surface area contributed by atoms with E-state index in [4.69, 9.17) is 32.7 Å². The van der Waals surface area contributed by atoms with Gasteiger partial charge >= 0.3 is 5.97 Å². The van der Waals surface area contributed by atoms with Crippen molar-refractivity contribution < 1.29 is 14.3 Å². The molecule has 0 bridgehead atoms. The van der Waals surface area contributed by atoms with Gasteiger partial charge in [-0.15, -0.1) is 0 Å². The van der Waals surface area contributed by atoms with Crippen LogP contribution in [0.1, 0.15) is 16.1 Å². The van der Waals surface area contributed by atoms with Crippen molar-refractivity contribution in [3.05, 3.63) is 45.6 Å². The molecule has 1 aromatic carbocycles. The second-order valence-electron chi connectivity index (χ2n) is 3.65. The van der Waals surface area contributed by atoms with Crippen molar-refractivity contribution in [3.63, 3.8) is 0 Å². The van der Waals surface area contributed by atoms with Crippen LogP contribution in [-0.2, 0) is 0 Å². The van der Waals surface area contributed by atoms with Gasteiger partial charge in [-0.1, -0.05) is 29.3 Å². The van der Waals surface area contributed by atoms with Crippen molar-refractivity contribution in [2.45, 2.75) is 6.92 Å². The number of hydrogen-bond acceptors (Lipinski definition) is 3. The minimum Gasteiger partial charge on any atom is -0.475 e. The minimum absolute atomic E-state index is 0.155. The molecule has 4 nitrogen and oxygen atoms in total. The van der Waals surface area contributed by atoms with Gasteiger partial charge < -0.3 is 14.8 Å².